The van der Waals surface area contributed by atoms with Crippen LogP contribution in [0.15, 0.2) is 0 Å². The van der Waals surface area contributed by atoms with Gasteiger partial charge in [0.1, 0.15) is 0 Å². The average Bonchev–Trinajstić information content (AvgIpc) is 1.76. The third-order valence-corrected chi connectivity index (χ3v) is 0. The van der Waals surface area contributed by atoms with Crippen LogP contribution < -0.4 is 39.1 Å². The summed E-state index contributed by atoms with van der Waals surface area (Å²) in [5.74, 6) is 0. The van der Waals surface area contributed by atoms with Crippen molar-refractivity contribution in [1.29, 1.82) is 0 Å². The van der Waals surface area contributed by atoms with Crippen molar-refractivity contribution in [2.45, 2.75) is 7.43 Å². The fourth-order valence-electron chi connectivity index (χ4n) is 0. The molecule has 0 saturated carbocycles. The minimum Gasteiger partial charge on any atom is -0.598 e. The van der Waals surface area contributed by atoms with E-state index in [-0.39, 0.29) is 203 Å². The molecule has 0 aliphatic rings. The fraction of sp³-hybridized carbons (Fsp3) is 1.00. The van der Waals surface area contributed by atoms with Gasteiger partial charge in [-0.1, -0.05) is 25.7 Å². The molecule has 20 heteroatoms. The van der Waals surface area contributed by atoms with Crippen LogP contribution in [0.3, 0.4) is 0 Å². The maximum atomic E-state index is 8.48. The Hall–Kier alpha value is 6.37. The maximum Gasteiger partial charge on any atom is 2.00 e. The quantitative estimate of drug-likeness (QED) is 0.163. The van der Waals surface area contributed by atoms with Crippen LogP contribution in [0.2, 0.25) is 0 Å². The van der Waals surface area contributed by atoms with E-state index in [2.05, 4.69) is 0 Å². The van der Waals surface area contributed by atoms with Gasteiger partial charge < -0.3 is 39.1 Å². The Labute approximate surface area is 285 Å². The third-order valence-electron chi connectivity index (χ3n) is 0. The molecule has 0 radical (unpaired) electrons. The molecule has 0 atom stereocenters. The summed E-state index contributed by atoms with van der Waals surface area (Å²) in [6.45, 7) is 0. The summed E-state index contributed by atoms with van der Waals surface area (Å²) in [5.41, 5.74) is 0. The summed E-state index contributed by atoms with van der Waals surface area (Å²) >= 11 is 0. The SMILES string of the molecule is C.O=[P+]([O-])[O-].O=[P+]([O-])[O-].O=[P+]([O-])[O-].O=[P+]([O-])[O-].[Ba+2].[Ba+2].[Ba+2].[Ba+2]. The molecular formula is CH4Ba4O12P4+4. The van der Waals surface area contributed by atoms with Crippen molar-refractivity contribution >= 4 is 229 Å². The zero-order valence-electron chi connectivity index (χ0n) is 9.52. The van der Waals surface area contributed by atoms with Crippen LogP contribution in [0.5, 0.6) is 0 Å². The summed E-state index contributed by atoms with van der Waals surface area (Å²) in [6.07, 6.45) is 0. The van der Waals surface area contributed by atoms with Crippen molar-refractivity contribution in [3.8, 4) is 0 Å². The Morgan fingerprint density at radius 1 is 0.381 bits per heavy atom. The first-order valence-electron chi connectivity index (χ1n) is 2.19. The van der Waals surface area contributed by atoms with E-state index in [0.29, 0.717) is 0 Å². The van der Waals surface area contributed by atoms with Crippen LogP contribution in [-0.4, -0.2) is 196 Å². The van der Waals surface area contributed by atoms with E-state index < -0.39 is 33.0 Å². The van der Waals surface area contributed by atoms with Crippen molar-refractivity contribution in [2.24, 2.45) is 0 Å². The molecule has 0 heterocycles. The van der Waals surface area contributed by atoms with Gasteiger partial charge in [0.25, 0.3) is 33.0 Å². The van der Waals surface area contributed by atoms with Gasteiger partial charge in [0.2, 0.25) is 0 Å². The van der Waals surface area contributed by atoms with Gasteiger partial charge in [-0.3, -0.25) is 0 Å². The van der Waals surface area contributed by atoms with Gasteiger partial charge in [-0.15, -0.1) is 0 Å². The Balaban J connectivity index is -0.0000000121. The third kappa shape index (κ3) is 386. The first-order chi connectivity index (χ1) is 6.93. The van der Waals surface area contributed by atoms with E-state index in [1.165, 1.54) is 0 Å². The van der Waals surface area contributed by atoms with Crippen LogP contribution in [0.25, 0.3) is 0 Å². The molecule has 0 fully saturated rings. The topological polar surface area (TPSA) is 253 Å². The van der Waals surface area contributed by atoms with Crippen molar-refractivity contribution in [1.82, 2.24) is 0 Å². The number of hydrogen-bond donors (Lipinski definition) is 0. The molecule has 0 aromatic carbocycles. The first kappa shape index (κ1) is 56.4. The van der Waals surface area contributed by atoms with Gasteiger partial charge in [-0.2, -0.15) is 0 Å². The molecule has 104 valence electrons. The summed E-state index contributed by atoms with van der Waals surface area (Å²) in [5, 5.41) is 0. The van der Waals surface area contributed by atoms with E-state index in [1.54, 1.807) is 0 Å². The van der Waals surface area contributed by atoms with Gasteiger partial charge in [0.05, 0.1) is 0 Å². The van der Waals surface area contributed by atoms with Gasteiger partial charge in [0.15, 0.2) is 0 Å². The second-order valence-electron chi connectivity index (χ2n) is 0.894. The van der Waals surface area contributed by atoms with Crippen molar-refractivity contribution in [2.75, 3.05) is 0 Å². The van der Waals surface area contributed by atoms with Gasteiger partial charge in [-0.25, -0.2) is 0 Å². The van der Waals surface area contributed by atoms with E-state index >= 15 is 0 Å². The largest absolute Gasteiger partial charge is 2.00 e. The Kier molecular flexibility index (Phi) is 135. The standard InChI is InChI=1S/CH4.4Ba.4HO3P/c;;;;;4*1-4(2)3/h1H4;;;;;4*(H,1,2,3)/q;4*+2;;;;/p-4. The Morgan fingerprint density at radius 3 is 0.381 bits per heavy atom. The molecule has 0 bridgehead atoms. The molecule has 0 unspecified atom stereocenters. The molecule has 0 aliphatic heterocycles. The van der Waals surface area contributed by atoms with Crippen molar-refractivity contribution in [3.63, 3.8) is 0 Å². The van der Waals surface area contributed by atoms with Crippen LogP contribution in [0, 0.1) is 0 Å². The van der Waals surface area contributed by atoms with Gasteiger partial charge in [-0.05, 0) is 0 Å². The molecule has 12 nitrogen and oxygen atoms in total. The predicted octanol–water partition coefficient (Wildman–Crippen LogP) is -7.43. The second-order valence-corrected chi connectivity index (χ2v) is 2.68. The predicted molar refractivity (Wildman–Crippen MR) is 60.2 cm³/mol. The second kappa shape index (κ2) is 50.3. The average molecular weight is 881 g/mol. The fourth-order valence-corrected chi connectivity index (χ4v) is 0. The molecule has 0 rings (SSSR count). The zero-order valence-corrected chi connectivity index (χ0v) is 30.9. The molecule has 0 spiro atoms. The maximum absolute atomic E-state index is 8.48. The molecule has 0 N–H and O–H groups in total. The minimum absolute atomic E-state index is 0. The van der Waals surface area contributed by atoms with E-state index in [9.17, 15) is 0 Å². The normalized spacial score (nSPS) is 4.95. The Morgan fingerprint density at radius 2 is 0.381 bits per heavy atom. The van der Waals surface area contributed by atoms with Crippen molar-refractivity contribution in [3.05, 3.63) is 0 Å². The summed E-state index contributed by atoms with van der Waals surface area (Å²) < 4.78 is 33.9. The van der Waals surface area contributed by atoms with Gasteiger partial charge >= 0.3 is 196 Å². The molecule has 0 aromatic heterocycles. The number of rotatable bonds is 0. The summed E-state index contributed by atoms with van der Waals surface area (Å²) in [6, 6.07) is 0. The number of hydrogen-bond acceptors (Lipinski definition) is 12. The zero-order chi connectivity index (χ0) is 14.3. The molecule has 0 amide bonds. The van der Waals surface area contributed by atoms with E-state index in [0.717, 1.165) is 0 Å². The molecular weight excluding hydrogens is 877 g/mol. The summed E-state index contributed by atoms with van der Waals surface area (Å²) in [7, 11) is -13.5. The molecule has 0 aromatic rings. The minimum atomic E-state index is -3.37. The van der Waals surface area contributed by atoms with Crippen LogP contribution in [0.4, 0.5) is 0 Å². The van der Waals surface area contributed by atoms with Gasteiger partial charge in [0, 0.05) is 0 Å². The summed E-state index contributed by atoms with van der Waals surface area (Å²) in [4.78, 5) is 67.9. The van der Waals surface area contributed by atoms with Crippen molar-refractivity contribution < 1.29 is 57.4 Å². The monoisotopic (exact) mass is 883 g/mol. The van der Waals surface area contributed by atoms with Crippen LogP contribution >= 0.6 is 33.0 Å². The molecule has 0 saturated heterocycles. The van der Waals surface area contributed by atoms with E-state index in [1.807, 2.05) is 0 Å². The first-order valence-corrected chi connectivity index (χ1v) is 6.57. The van der Waals surface area contributed by atoms with Crippen LogP contribution in [0.1, 0.15) is 7.43 Å². The van der Waals surface area contributed by atoms with E-state index in [4.69, 9.17) is 57.4 Å². The molecule has 21 heavy (non-hydrogen) atoms. The van der Waals surface area contributed by atoms with Crippen LogP contribution in [-0.2, 0) is 18.3 Å². The Bertz CT molecular complexity index is 173. The molecule has 0 aliphatic carbocycles. The smallest absolute Gasteiger partial charge is 0.598 e.